The van der Waals surface area contributed by atoms with Gasteiger partial charge in [0.15, 0.2) is 9.84 Å². The molecule has 0 aliphatic carbocycles. The summed E-state index contributed by atoms with van der Waals surface area (Å²) >= 11 is 0. The Morgan fingerprint density at radius 1 is 1.15 bits per heavy atom. The van der Waals surface area contributed by atoms with Gasteiger partial charge >= 0.3 is 0 Å². The number of piperidine rings is 1. The molecule has 0 bridgehead atoms. The van der Waals surface area contributed by atoms with Crippen molar-refractivity contribution < 1.29 is 12.8 Å². The molecule has 1 aromatic carbocycles. The lowest BCUT2D eigenvalue weighted by Crippen LogP contribution is -2.46. The van der Waals surface area contributed by atoms with Crippen molar-refractivity contribution in [1.82, 2.24) is 9.80 Å². The first kappa shape index (κ1) is 19.2. The van der Waals surface area contributed by atoms with Crippen LogP contribution in [0.5, 0.6) is 0 Å². The van der Waals surface area contributed by atoms with E-state index in [0.717, 1.165) is 43.7 Å². The number of benzene rings is 1. The number of anilines is 1. The van der Waals surface area contributed by atoms with Gasteiger partial charge in [-0.15, -0.1) is 0 Å². The summed E-state index contributed by atoms with van der Waals surface area (Å²) in [6, 6.07) is 5.59. The maximum Gasteiger partial charge on any atom is 0.156 e. The summed E-state index contributed by atoms with van der Waals surface area (Å²) in [6.45, 7) is 5.42. The third-order valence-corrected chi connectivity index (χ3v) is 9.07. The summed E-state index contributed by atoms with van der Waals surface area (Å²) in [5.74, 6) is 0.361. The first-order valence-corrected chi connectivity index (χ1v) is 11.6. The lowest BCUT2D eigenvalue weighted by atomic mass is 9.99. The molecular weight excluding hydrogens is 365 g/mol. The van der Waals surface area contributed by atoms with Gasteiger partial charge in [0.1, 0.15) is 5.82 Å². The smallest absolute Gasteiger partial charge is 0.156 e. The van der Waals surface area contributed by atoms with Crippen LogP contribution in [0.15, 0.2) is 18.2 Å². The van der Waals surface area contributed by atoms with Gasteiger partial charge in [0.05, 0.1) is 11.0 Å². The summed E-state index contributed by atoms with van der Waals surface area (Å²) in [7, 11) is 1.01. The Morgan fingerprint density at radius 2 is 1.85 bits per heavy atom. The minimum absolute atomic E-state index is 0.145. The summed E-state index contributed by atoms with van der Waals surface area (Å²) in [5.41, 5.74) is 2.09. The number of halogens is 1. The quantitative estimate of drug-likeness (QED) is 0.780. The minimum atomic E-state index is -2.98. The highest BCUT2D eigenvalue weighted by atomic mass is 32.2. The van der Waals surface area contributed by atoms with E-state index in [2.05, 4.69) is 14.7 Å². The van der Waals surface area contributed by atoms with Crippen LogP contribution in [-0.4, -0.2) is 81.6 Å². The van der Waals surface area contributed by atoms with Gasteiger partial charge in [0.25, 0.3) is 0 Å². The topological polar surface area (TPSA) is 43.9 Å². The molecule has 3 atom stereocenters. The number of rotatable bonds is 3. The van der Waals surface area contributed by atoms with E-state index < -0.39 is 9.84 Å². The first-order valence-electron chi connectivity index (χ1n) is 9.89. The highest BCUT2D eigenvalue weighted by Crippen LogP contribution is 2.38. The second-order valence-electron chi connectivity index (χ2n) is 8.67. The monoisotopic (exact) mass is 395 g/mol. The normalized spacial score (nSPS) is 31.6. The average molecular weight is 396 g/mol. The van der Waals surface area contributed by atoms with Gasteiger partial charge in [0.2, 0.25) is 0 Å². The predicted molar refractivity (Wildman–Crippen MR) is 106 cm³/mol. The van der Waals surface area contributed by atoms with E-state index in [9.17, 15) is 12.8 Å². The molecule has 27 heavy (non-hydrogen) atoms. The number of hydrogen-bond donors (Lipinski definition) is 0. The highest BCUT2D eigenvalue weighted by molar-refractivity contribution is 7.92. The molecule has 0 radical (unpaired) electrons. The van der Waals surface area contributed by atoms with E-state index in [0.29, 0.717) is 18.3 Å². The maximum atomic E-state index is 13.4. The Labute approximate surface area is 162 Å². The van der Waals surface area contributed by atoms with Gasteiger partial charge < -0.3 is 9.80 Å². The number of sulfone groups is 1. The standard InChI is InChI=1S/C20H30FN3O2S/c1-14-10-15(21)4-5-18(14)23-8-6-16(7-9-23)24-11-17-19(22(2)3)13-27(25,26)20(17)12-24/h4-5,10,16-17,19-20H,6-9,11-13H2,1-3H3/t17-,19+,20-/m0/s1. The molecule has 150 valence electrons. The summed E-state index contributed by atoms with van der Waals surface area (Å²) in [4.78, 5) is 6.85. The van der Waals surface area contributed by atoms with Crippen molar-refractivity contribution in [3.63, 3.8) is 0 Å². The van der Waals surface area contributed by atoms with Crippen LogP contribution in [0.25, 0.3) is 0 Å². The fourth-order valence-corrected chi connectivity index (χ4v) is 7.83. The van der Waals surface area contributed by atoms with E-state index in [4.69, 9.17) is 0 Å². The van der Waals surface area contributed by atoms with Crippen LogP contribution >= 0.6 is 0 Å². The van der Waals surface area contributed by atoms with E-state index in [1.807, 2.05) is 27.1 Å². The van der Waals surface area contributed by atoms with Crippen LogP contribution in [0.4, 0.5) is 10.1 Å². The fourth-order valence-electron chi connectivity index (χ4n) is 5.34. The Morgan fingerprint density at radius 3 is 2.48 bits per heavy atom. The SMILES string of the molecule is Cc1cc(F)ccc1N1CCC(N2C[C@H]3[C@H](N(C)C)CS(=O)(=O)[C@H]3C2)CC1. The zero-order valence-corrected chi connectivity index (χ0v) is 17.3. The maximum absolute atomic E-state index is 13.4. The zero-order chi connectivity index (χ0) is 19.3. The lowest BCUT2D eigenvalue weighted by Gasteiger charge is -2.39. The lowest BCUT2D eigenvalue weighted by molar-refractivity contribution is 0.179. The molecule has 0 amide bonds. The third-order valence-electron chi connectivity index (χ3n) is 6.84. The summed E-state index contributed by atoms with van der Waals surface area (Å²) < 4.78 is 38.6. The molecular formula is C20H30FN3O2S. The van der Waals surface area contributed by atoms with E-state index in [-0.39, 0.29) is 23.0 Å². The molecule has 0 N–H and O–H groups in total. The summed E-state index contributed by atoms with van der Waals surface area (Å²) in [6.07, 6.45) is 2.06. The largest absolute Gasteiger partial charge is 0.371 e. The van der Waals surface area contributed by atoms with Crippen LogP contribution in [0.1, 0.15) is 18.4 Å². The molecule has 7 heteroatoms. The predicted octanol–water partition coefficient (Wildman–Crippen LogP) is 1.76. The van der Waals surface area contributed by atoms with Crippen LogP contribution < -0.4 is 4.90 Å². The molecule has 0 spiro atoms. The zero-order valence-electron chi connectivity index (χ0n) is 16.4. The number of nitrogens with zero attached hydrogens (tertiary/aromatic N) is 3. The molecule has 3 fully saturated rings. The van der Waals surface area contributed by atoms with Gasteiger partial charge in [-0.05, 0) is 57.6 Å². The first-order chi connectivity index (χ1) is 12.8. The fraction of sp³-hybridized carbons (Fsp3) is 0.700. The van der Waals surface area contributed by atoms with Crippen LogP contribution in [0, 0.1) is 18.7 Å². The van der Waals surface area contributed by atoms with E-state index >= 15 is 0 Å². The van der Waals surface area contributed by atoms with E-state index in [1.165, 1.54) is 6.07 Å². The number of aryl methyl sites for hydroxylation is 1. The van der Waals surface area contributed by atoms with Gasteiger partial charge in [-0.2, -0.15) is 0 Å². The van der Waals surface area contributed by atoms with E-state index in [1.54, 1.807) is 6.07 Å². The van der Waals surface area contributed by atoms with Crippen molar-refractivity contribution in [3.05, 3.63) is 29.6 Å². The van der Waals surface area contributed by atoms with Crippen LogP contribution in [0.2, 0.25) is 0 Å². The Balaban J connectivity index is 1.41. The molecule has 0 saturated carbocycles. The number of fused-ring (bicyclic) bond motifs is 1. The molecule has 5 nitrogen and oxygen atoms in total. The average Bonchev–Trinajstić information content (AvgIpc) is 3.15. The number of likely N-dealkylation sites (tertiary alicyclic amines) is 1. The molecule has 0 unspecified atom stereocenters. The van der Waals surface area contributed by atoms with Gasteiger partial charge in [-0.1, -0.05) is 0 Å². The molecule has 1 aromatic rings. The summed E-state index contributed by atoms with van der Waals surface area (Å²) in [5, 5.41) is -0.192. The molecule has 3 aliphatic rings. The molecule has 3 saturated heterocycles. The van der Waals surface area contributed by atoms with Crippen molar-refractivity contribution in [3.8, 4) is 0 Å². The molecule has 3 aliphatic heterocycles. The molecule has 0 aromatic heterocycles. The second-order valence-corrected chi connectivity index (χ2v) is 10.9. The third kappa shape index (κ3) is 3.49. The van der Waals surface area contributed by atoms with Crippen molar-refractivity contribution in [2.45, 2.75) is 37.1 Å². The Hall–Kier alpha value is -1.18. The van der Waals surface area contributed by atoms with Gasteiger partial charge in [0, 0.05) is 49.9 Å². The second kappa shape index (κ2) is 7.01. The Kier molecular flexibility index (Phi) is 4.97. The van der Waals surface area contributed by atoms with Gasteiger partial charge in [-0.25, -0.2) is 12.8 Å². The Bertz CT molecular complexity index is 805. The van der Waals surface area contributed by atoms with Gasteiger partial charge in [-0.3, -0.25) is 4.90 Å². The molecule has 4 rings (SSSR count). The molecule has 3 heterocycles. The van der Waals surface area contributed by atoms with Crippen LogP contribution in [-0.2, 0) is 9.84 Å². The minimum Gasteiger partial charge on any atom is -0.371 e. The van der Waals surface area contributed by atoms with Crippen molar-refractivity contribution in [2.24, 2.45) is 5.92 Å². The number of hydrogen-bond acceptors (Lipinski definition) is 5. The van der Waals surface area contributed by atoms with Crippen molar-refractivity contribution in [1.29, 1.82) is 0 Å². The van der Waals surface area contributed by atoms with Crippen LogP contribution in [0.3, 0.4) is 0 Å². The van der Waals surface area contributed by atoms with Crippen molar-refractivity contribution >= 4 is 15.5 Å². The van der Waals surface area contributed by atoms with Crippen molar-refractivity contribution in [2.75, 3.05) is 50.9 Å². The highest BCUT2D eigenvalue weighted by Gasteiger charge is 2.53.